The molecular weight excluding hydrogens is 154 g/mol. The van der Waals surface area contributed by atoms with Gasteiger partial charge in [0.2, 0.25) is 0 Å². The van der Waals surface area contributed by atoms with E-state index in [1.165, 1.54) is 7.11 Å². The van der Waals surface area contributed by atoms with Gasteiger partial charge in [0.05, 0.1) is 18.8 Å². The van der Waals surface area contributed by atoms with Gasteiger partial charge in [-0.2, -0.15) is 4.98 Å². The maximum Gasteiger partial charge on any atom is 0.316 e. The van der Waals surface area contributed by atoms with E-state index in [2.05, 4.69) is 15.0 Å². The Hall–Kier alpha value is -1.71. The molecule has 12 heavy (non-hydrogen) atoms. The minimum atomic E-state index is 0.371. The Morgan fingerprint density at radius 1 is 1.33 bits per heavy atom. The fourth-order valence-electron chi connectivity index (χ4n) is 0.954. The molecule has 0 bridgehead atoms. The van der Waals surface area contributed by atoms with Crippen molar-refractivity contribution in [3.05, 3.63) is 24.7 Å². The lowest BCUT2D eigenvalue weighted by Crippen LogP contribution is -1.91. The zero-order chi connectivity index (χ0) is 8.39. The molecule has 2 aromatic heterocycles. The van der Waals surface area contributed by atoms with Crippen molar-refractivity contribution in [2.24, 2.45) is 0 Å². The highest BCUT2D eigenvalue weighted by Gasteiger charge is 1.97. The maximum absolute atomic E-state index is 4.87. The second-order valence-electron chi connectivity index (χ2n) is 2.29. The Kier molecular flexibility index (Phi) is 1.59. The molecule has 2 aromatic rings. The number of aromatic nitrogens is 3. The van der Waals surface area contributed by atoms with E-state index in [0.29, 0.717) is 6.01 Å². The topological polar surface area (TPSA) is 47.9 Å². The van der Waals surface area contributed by atoms with Gasteiger partial charge < -0.3 is 4.74 Å². The van der Waals surface area contributed by atoms with Gasteiger partial charge in [-0.15, -0.1) is 0 Å². The van der Waals surface area contributed by atoms with Crippen LogP contribution >= 0.6 is 0 Å². The van der Waals surface area contributed by atoms with Crippen molar-refractivity contribution in [3.63, 3.8) is 0 Å². The molecule has 0 aliphatic heterocycles. The standard InChI is InChI=1S/C8H7N3O/c1-12-8-10-4-6-2-3-9-5-7(6)11-8/h2-5H,1H3. The van der Waals surface area contributed by atoms with Crippen LogP contribution in [0.5, 0.6) is 6.01 Å². The van der Waals surface area contributed by atoms with E-state index < -0.39 is 0 Å². The third-order valence-electron chi connectivity index (χ3n) is 1.55. The molecule has 0 aromatic carbocycles. The molecule has 0 unspecified atom stereocenters. The van der Waals surface area contributed by atoms with Gasteiger partial charge in [-0.25, -0.2) is 4.98 Å². The van der Waals surface area contributed by atoms with Crippen molar-refractivity contribution in [1.82, 2.24) is 15.0 Å². The predicted octanol–water partition coefficient (Wildman–Crippen LogP) is 1.03. The van der Waals surface area contributed by atoms with Gasteiger partial charge in [0, 0.05) is 17.8 Å². The van der Waals surface area contributed by atoms with Crippen LogP contribution in [0.4, 0.5) is 0 Å². The second-order valence-corrected chi connectivity index (χ2v) is 2.29. The first-order valence-electron chi connectivity index (χ1n) is 3.51. The lowest BCUT2D eigenvalue weighted by atomic mass is 10.3. The highest BCUT2D eigenvalue weighted by Crippen LogP contribution is 2.10. The van der Waals surface area contributed by atoms with Gasteiger partial charge in [-0.1, -0.05) is 0 Å². The molecular formula is C8H7N3O. The Bertz CT molecular complexity index is 402. The molecule has 4 nitrogen and oxygen atoms in total. The summed E-state index contributed by atoms with van der Waals surface area (Å²) in [6, 6.07) is 2.23. The van der Waals surface area contributed by atoms with E-state index in [-0.39, 0.29) is 0 Å². The quantitative estimate of drug-likeness (QED) is 0.626. The molecule has 4 heteroatoms. The van der Waals surface area contributed by atoms with E-state index in [4.69, 9.17) is 4.74 Å². The average molecular weight is 161 g/mol. The Labute approximate surface area is 69.3 Å². The number of ether oxygens (including phenoxy) is 1. The summed E-state index contributed by atoms with van der Waals surface area (Å²) < 4.78 is 4.87. The number of methoxy groups -OCH3 is 1. The van der Waals surface area contributed by atoms with Crippen LogP contribution < -0.4 is 4.74 Å². The summed E-state index contributed by atoms with van der Waals surface area (Å²) in [5, 5.41) is 0.964. The first kappa shape index (κ1) is 6.97. The van der Waals surface area contributed by atoms with E-state index in [1.807, 2.05) is 6.07 Å². The van der Waals surface area contributed by atoms with Gasteiger partial charge in [0.25, 0.3) is 0 Å². The molecule has 0 amide bonds. The zero-order valence-corrected chi connectivity index (χ0v) is 6.56. The van der Waals surface area contributed by atoms with Gasteiger partial charge >= 0.3 is 6.01 Å². The smallest absolute Gasteiger partial charge is 0.316 e. The van der Waals surface area contributed by atoms with Gasteiger partial charge in [-0.3, -0.25) is 4.98 Å². The highest BCUT2D eigenvalue weighted by molar-refractivity contribution is 5.76. The molecule has 60 valence electrons. The molecule has 0 spiro atoms. The number of hydrogen-bond donors (Lipinski definition) is 0. The fraction of sp³-hybridized carbons (Fsp3) is 0.125. The molecule has 2 heterocycles. The van der Waals surface area contributed by atoms with Gasteiger partial charge in [0.1, 0.15) is 0 Å². The molecule has 0 aliphatic rings. The molecule has 0 atom stereocenters. The van der Waals surface area contributed by atoms with E-state index >= 15 is 0 Å². The molecule has 0 N–H and O–H groups in total. The highest BCUT2D eigenvalue weighted by atomic mass is 16.5. The minimum Gasteiger partial charge on any atom is -0.467 e. The summed E-state index contributed by atoms with van der Waals surface area (Å²) in [4.78, 5) is 12.0. The average Bonchev–Trinajstić information content (AvgIpc) is 2.17. The molecule has 2 rings (SSSR count). The molecule has 0 saturated carbocycles. The van der Waals surface area contributed by atoms with Gasteiger partial charge in [-0.05, 0) is 6.07 Å². The summed E-state index contributed by atoms with van der Waals surface area (Å²) in [5.41, 5.74) is 0.796. The minimum absolute atomic E-state index is 0.371. The van der Waals surface area contributed by atoms with Crippen LogP contribution in [0.1, 0.15) is 0 Å². The van der Waals surface area contributed by atoms with E-state index in [9.17, 15) is 0 Å². The van der Waals surface area contributed by atoms with Crippen molar-refractivity contribution in [2.75, 3.05) is 7.11 Å². The molecule has 0 fully saturated rings. The summed E-state index contributed by atoms with van der Waals surface area (Å²) in [5.74, 6) is 0. The Balaban J connectivity index is 2.67. The lowest BCUT2D eigenvalue weighted by Gasteiger charge is -1.97. The normalized spacial score (nSPS) is 10.1. The first-order chi connectivity index (χ1) is 5.90. The second kappa shape index (κ2) is 2.73. The van der Waals surface area contributed by atoms with Crippen LogP contribution in [0.25, 0.3) is 10.9 Å². The molecule has 0 aliphatic carbocycles. The summed E-state index contributed by atoms with van der Waals surface area (Å²) in [6.45, 7) is 0. The van der Waals surface area contributed by atoms with Crippen molar-refractivity contribution < 1.29 is 4.74 Å². The van der Waals surface area contributed by atoms with E-state index in [1.54, 1.807) is 18.6 Å². The van der Waals surface area contributed by atoms with Gasteiger partial charge in [0.15, 0.2) is 0 Å². The van der Waals surface area contributed by atoms with Crippen LogP contribution in [0.15, 0.2) is 24.7 Å². The largest absolute Gasteiger partial charge is 0.467 e. The van der Waals surface area contributed by atoms with Crippen LogP contribution in [-0.4, -0.2) is 22.1 Å². The van der Waals surface area contributed by atoms with Crippen LogP contribution in [-0.2, 0) is 0 Å². The Morgan fingerprint density at radius 3 is 3.08 bits per heavy atom. The maximum atomic E-state index is 4.87. The fourth-order valence-corrected chi connectivity index (χ4v) is 0.954. The number of hydrogen-bond acceptors (Lipinski definition) is 4. The van der Waals surface area contributed by atoms with Crippen molar-refractivity contribution in [2.45, 2.75) is 0 Å². The monoisotopic (exact) mass is 161 g/mol. The lowest BCUT2D eigenvalue weighted by molar-refractivity contribution is 0.382. The third kappa shape index (κ3) is 1.07. The number of rotatable bonds is 1. The number of fused-ring (bicyclic) bond motifs is 1. The summed E-state index contributed by atoms with van der Waals surface area (Å²) in [7, 11) is 1.54. The third-order valence-corrected chi connectivity index (χ3v) is 1.55. The zero-order valence-electron chi connectivity index (χ0n) is 6.56. The first-order valence-corrected chi connectivity index (χ1v) is 3.51. The van der Waals surface area contributed by atoms with Crippen molar-refractivity contribution >= 4 is 10.9 Å². The van der Waals surface area contributed by atoms with Crippen LogP contribution in [0.2, 0.25) is 0 Å². The molecule has 0 radical (unpaired) electrons. The van der Waals surface area contributed by atoms with Crippen molar-refractivity contribution in [1.29, 1.82) is 0 Å². The van der Waals surface area contributed by atoms with Crippen LogP contribution in [0, 0.1) is 0 Å². The van der Waals surface area contributed by atoms with E-state index in [0.717, 1.165) is 10.9 Å². The number of pyridine rings is 1. The van der Waals surface area contributed by atoms with Crippen LogP contribution in [0.3, 0.4) is 0 Å². The summed E-state index contributed by atoms with van der Waals surface area (Å²) in [6.07, 6.45) is 5.10. The molecule has 0 saturated heterocycles. The summed E-state index contributed by atoms with van der Waals surface area (Å²) >= 11 is 0. The SMILES string of the molecule is COc1ncc2ccncc2n1. The number of nitrogens with zero attached hydrogens (tertiary/aromatic N) is 3. The van der Waals surface area contributed by atoms with Crippen molar-refractivity contribution in [3.8, 4) is 6.01 Å². The predicted molar refractivity (Wildman–Crippen MR) is 43.9 cm³/mol. The Morgan fingerprint density at radius 2 is 2.25 bits per heavy atom.